The van der Waals surface area contributed by atoms with Crippen molar-refractivity contribution in [3.05, 3.63) is 16.8 Å². The van der Waals surface area contributed by atoms with Crippen molar-refractivity contribution in [3.63, 3.8) is 0 Å². The fourth-order valence-electron chi connectivity index (χ4n) is 2.15. The van der Waals surface area contributed by atoms with Gasteiger partial charge in [-0.25, -0.2) is 9.97 Å². The number of methoxy groups -OCH3 is 1. The lowest BCUT2D eigenvalue weighted by Crippen LogP contribution is -2.32. The molecule has 0 N–H and O–H groups in total. The highest BCUT2D eigenvalue weighted by Gasteiger charge is 2.19. The summed E-state index contributed by atoms with van der Waals surface area (Å²) in [6, 6.07) is 0. The highest BCUT2D eigenvalue weighted by atomic mass is 32.1. The Labute approximate surface area is 122 Å². The fraction of sp³-hybridized carbons (Fsp3) is 0.500. The second kappa shape index (κ2) is 6.17. The number of rotatable bonds is 5. The number of ether oxygens (including phenoxy) is 1. The molecule has 20 heavy (non-hydrogen) atoms. The molecule has 0 fully saturated rings. The molecule has 0 saturated heterocycles. The molecule has 2 heterocycles. The first-order valence-corrected chi connectivity index (χ1v) is 7.42. The van der Waals surface area contributed by atoms with E-state index in [1.165, 1.54) is 17.6 Å². The Morgan fingerprint density at radius 1 is 1.40 bits per heavy atom. The Hall–Kier alpha value is -1.69. The topological polar surface area (TPSA) is 55.3 Å². The zero-order chi connectivity index (χ0) is 14.7. The van der Waals surface area contributed by atoms with Crippen LogP contribution in [-0.4, -0.2) is 36.1 Å². The Kier molecular flexibility index (Phi) is 4.54. The molecule has 0 radical (unpaired) electrons. The zero-order valence-electron chi connectivity index (χ0n) is 12.3. The zero-order valence-corrected chi connectivity index (χ0v) is 13.1. The van der Waals surface area contributed by atoms with Crippen LogP contribution in [0.15, 0.2) is 6.33 Å². The van der Waals surface area contributed by atoms with Crippen molar-refractivity contribution in [1.29, 1.82) is 0 Å². The molecule has 0 atom stereocenters. The quantitative estimate of drug-likeness (QED) is 0.793. The minimum Gasteiger partial charge on any atom is -0.468 e. The number of hydrogen-bond donors (Lipinski definition) is 0. The lowest BCUT2D eigenvalue weighted by Gasteiger charge is -2.22. The van der Waals surface area contributed by atoms with Gasteiger partial charge in [-0.3, -0.25) is 4.79 Å². The van der Waals surface area contributed by atoms with Gasteiger partial charge in [0.1, 0.15) is 23.5 Å². The SMILES string of the molecule is CCCN(CC(=O)OC)c1ncnc2sc(C)c(C)c12. The summed E-state index contributed by atoms with van der Waals surface area (Å²) in [6.45, 7) is 7.20. The summed E-state index contributed by atoms with van der Waals surface area (Å²) in [5.74, 6) is 0.568. The molecule has 2 aromatic rings. The summed E-state index contributed by atoms with van der Waals surface area (Å²) in [7, 11) is 1.40. The number of anilines is 1. The smallest absolute Gasteiger partial charge is 0.325 e. The molecule has 0 bridgehead atoms. The second-order valence-corrected chi connectivity index (χ2v) is 5.86. The summed E-state index contributed by atoms with van der Waals surface area (Å²) < 4.78 is 4.77. The largest absolute Gasteiger partial charge is 0.468 e. The van der Waals surface area contributed by atoms with Crippen LogP contribution in [0.2, 0.25) is 0 Å². The molecule has 0 aliphatic heterocycles. The number of carbonyl (C=O) groups excluding carboxylic acids is 1. The van der Waals surface area contributed by atoms with Crippen molar-refractivity contribution >= 4 is 33.3 Å². The molecule has 2 aromatic heterocycles. The van der Waals surface area contributed by atoms with Crippen LogP contribution in [-0.2, 0) is 9.53 Å². The van der Waals surface area contributed by atoms with Gasteiger partial charge >= 0.3 is 5.97 Å². The van der Waals surface area contributed by atoms with Crippen LogP contribution in [0, 0.1) is 13.8 Å². The molecular weight excluding hydrogens is 274 g/mol. The molecule has 0 aliphatic rings. The molecule has 0 aliphatic carbocycles. The van der Waals surface area contributed by atoms with Crippen molar-refractivity contribution in [2.45, 2.75) is 27.2 Å². The van der Waals surface area contributed by atoms with Gasteiger partial charge in [-0.05, 0) is 25.8 Å². The predicted molar refractivity (Wildman–Crippen MR) is 81.4 cm³/mol. The van der Waals surface area contributed by atoms with Gasteiger partial charge in [0.2, 0.25) is 0 Å². The van der Waals surface area contributed by atoms with Gasteiger partial charge in [-0.1, -0.05) is 6.92 Å². The number of hydrogen-bond acceptors (Lipinski definition) is 6. The van der Waals surface area contributed by atoms with Crippen molar-refractivity contribution in [1.82, 2.24) is 9.97 Å². The molecule has 0 saturated carbocycles. The maximum Gasteiger partial charge on any atom is 0.325 e. The molecule has 0 amide bonds. The minimum atomic E-state index is -0.255. The van der Waals surface area contributed by atoms with Gasteiger partial charge in [0.05, 0.1) is 12.5 Å². The molecular formula is C14H19N3O2S. The second-order valence-electron chi connectivity index (χ2n) is 4.66. The molecule has 2 rings (SSSR count). The number of aryl methyl sites for hydroxylation is 2. The Morgan fingerprint density at radius 3 is 2.80 bits per heavy atom. The van der Waals surface area contributed by atoms with E-state index in [9.17, 15) is 4.79 Å². The summed E-state index contributed by atoms with van der Waals surface area (Å²) in [5.41, 5.74) is 1.19. The van der Waals surface area contributed by atoms with Gasteiger partial charge in [0.25, 0.3) is 0 Å². The van der Waals surface area contributed by atoms with E-state index in [2.05, 4.69) is 30.7 Å². The first-order chi connectivity index (χ1) is 9.58. The average molecular weight is 293 g/mol. The van der Waals surface area contributed by atoms with Crippen molar-refractivity contribution in [2.75, 3.05) is 25.1 Å². The number of nitrogens with zero attached hydrogens (tertiary/aromatic N) is 3. The van der Waals surface area contributed by atoms with Crippen LogP contribution >= 0.6 is 11.3 Å². The van der Waals surface area contributed by atoms with Crippen molar-refractivity contribution in [3.8, 4) is 0 Å². The van der Waals surface area contributed by atoms with Crippen LogP contribution < -0.4 is 4.90 Å². The van der Waals surface area contributed by atoms with Crippen LogP contribution in [0.4, 0.5) is 5.82 Å². The number of thiophene rings is 1. The third-order valence-electron chi connectivity index (χ3n) is 3.29. The Balaban J connectivity index is 2.49. The van der Waals surface area contributed by atoms with Gasteiger partial charge in [-0.15, -0.1) is 11.3 Å². The number of esters is 1. The van der Waals surface area contributed by atoms with Gasteiger partial charge < -0.3 is 9.64 Å². The minimum absolute atomic E-state index is 0.213. The van der Waals surface area contributed by atoms with Gasteiger partial charge in [-0.2, -0.15) is 0 Å². The normalized spacial score (nSPS) is 10.8. The highest BCUT2D eigenvalue weighted by Crippen LogP contribution is 2.34. The van der Waals surface area contributed by atoms with E-state index >= 15 is 0 Å². The lowest BCUT2D eigenvalue weighted by molar-refractivity contribution is -0.138. The first kappa shape index (κ1) is 14.7. The van der Waals surface area contributed by atoms with E-state index in [1.807, 2.05) is 4.90 Å². The molecule has 5 nitrogen and oxygen atoms in total. The van der Waals surface area contributed by atoms with Crippen LogP contribution in [0.5, 0.6) is 0 Å². The molecule has 108 valence electrons. The number of aromatic nitrogens is 2. The number of carbonyl (C=O) groups is 1. The fourth-order valence-corrected chi connectivity index (χ4v) is 3.15. The van der Waals surface area contributed by atoms with E-state index in [-0.39, 0.29) is 12.5 Å². The summed E-state index contributed by atoms with van der Waals surface area (Å²) in [4.78, 5) is 24.5. The third-order valence-corrected chi connectivity index (χ3v) is 4.40. The summed E-state index contributed by atoms with van der Waals surface area (Å²) in [6.07, 6.45) is 2.50. The first-order valence-electron chi connectivity index (χ1n) is 6.61. The van der Waals surface area contributed by atoms with Crippen LogP contribution in [0.3, 0.4) is 0 Å². The van der Waals surface area contributed by atoms with E-state index in [1.54, 1.807) is 17.7 Å². The highest BCUT2D eigenvalue weighted by molar-refractivity contribution is 7.18. The van der Waals surface area contributed by atoms with Gasteiger partial charge in [0.15, 0.2) is 0 Å². The molecule has 0 aromatic carbocycles. The predicted octanol–water partition coefficient (Wildman–Crippen LogP) is 2.70. The maximum absolute atomic E-state index is 11.6. The van der Waals surface area contributed by atoms with Crippen LogP contribution in [0.1, 0.15) is 23.8 Å². The average Bonchev–Trinajstić information content (AvgIpc) is 2.73. The number of fused-ring (bicyclic) bond motifs is 1. The van der Waals surface area contributed by atoms with Gasteiger partial charge in [0, 0.05) is 11.4 Å². The third kappa shape index (κ3) is 2.75. The van der Waals surface area contributed by atoms with E-state index in [0.717, 1.165) is 29.0 Å². The van der Waals surface area contributed by atoms with E-state index < -0.39 is 0 Å². The monoisotopic (exact) mass is 293 g/mol. The maximum atomic E-state index is 11.6. The van der Waals surface area contributed by atoms with E-state index in [4.69, 9.17) is 4.74 Å². The van der Waals surface area contributed by atoms with Crippen molar-refractivity contribution in [2.24, 2.45) is 0 Å². The Bertz CT molecular complexity index is 624. The summed E-state index contributed by atoms with van der Waals surface area (Å²) >= 11 is 1.66. The van der Waals surface area contributed by atoms with Crippen LogP contribution in [0.25, 0.3) is 10.2 Å². The standard InChI is InChI=1S/C14H19N3O2S/c1-5-6-17(7-11(18)19-4)13-12-9(2)10(3)20-14(12)16-8-15-13/h8H,5-7H2,1-4H3. The summed E-state index contributed by atoms with van der Waals surface area (Å²) in [5, 5.41) is 1.05. The lowest BCUT2D eigenvalue weighted by atomic mass is 10.2. The van der Waals surface area contributed by atoms with Crippen molar-refractivity contribution < 1.29 is 9.53 Å². The molecule has 0 unspecified atom stereocenters. The van der Waals surface area contributed by atoms with E-state index in [0.29, 0.717) is 0 Å². The molecule has 6 heteroatoms. The molecule has 0 spiro atoms. The Morgan fingerprint density at radius 2 is 2.15 bits per heavy atom.